The van der Waals surface area contributed by atoms with Crippen LogP contribution in [-0.4, -0.2) is 18.6 Å². The minimum absolute atomic E-state index is 0.669. The van der Waals surface area contributed by atoms with Crippen LogP contribution in [0.1, 0.15) is 43.6 Å². The Kier molecular flexibility index (Phi) is 4.31. The second-order valence-corrected chi connectivity index (χ2v) is 6.02. The van der Waals surface area contributed by atoms with Gasteiger partial charge in [0.2, 0.25) is 0 Å². The highest BCUT2D eigenvalue weighted by Crippen LogP contribution is 2.36. The minimum Gasteiger partial charge on any atom is -0.319 e. The van der Waals surface area contributed by atoms with Gasteiger partial charge in [-0.05, 0) is 56.0 Å². The van der Waals surface area contributed by atoms with E-state index in [4.69, 9.17) is 0 Å². The maximum Gasteiger partial charge on any atom is 0.0702 e. The lowest BCUT2D eigenvalue weighted by atomic mass is 9.82. The van der Waals surface area contributed by atoms with Gasteiger partial charge in [0.1, 0.15) is 0 Å². The summed E-state index contributed by atoms with van der Waals surface area (Å²) in [6.07, 6.45) is 8.89. The first kappa shape index (κ1) is 13.6. The standard InChI is InChI=1S/C18H24N2/c1-19-12-15-8-3-2-4-9-17(15)16-11-14-7-5-6-10-18(14)20-13-16/h5-7,10-11,13,15,17,19H,2-4,8-9,12H2,1H3. The van der Waals surface area contributed by atoms with E-state index in [1.807, 2.05) is 0 Å². The average molecular weight is 268 g/mol. The summed E-state index contributed by atoms with van der Waals surface area (Å²) in [5, 5.41) is 4.66. The molecule has 1 aromatic heterocycles. The molecule has 0 radical (unpaired) electrons. The summed E-state index contributed by atoms with van der Waals surface area (Å²) in [6.45, 7) is 1.12. The van der Waals surface area contributed by atoms with Crippen LogP contribution in [0.3, 0.4) is 0 Å². The first-order valence-corrected chi connectivity index (χ1v) is 7.88. The van der Waals surface area contributed by atoms with Gasteiger partial charge in [-0.25, -0.2) is 0 Å². The molecule has 1 aliphatic rings. The predicted molar refractivity (Wildman–Crippen MR) is 85.0 cm³/mol. The van der Waals surface area contributed by atoms with Crippen molar-refractivity contribution < 1.29 is 0 Å². The molecule has 2 nitrogen and oxygen atoms in total. The van der Waals surface area contributed by atoms with Gasteiger partial charge in [-0.15, -0.1) is 0 Å². The Bertz CT molecular complexity index is 564. The molecule has 2 aromatic rings. The second-order valence-electron chi connectivity index (χ2n) is 6.02. The fraction of sp³-hybridized carbons (Fsp3) is 0.500. The molecule has 3 rings (SSSR count). The van der Waals surface area contributed by atoms with Crippen molar-refractivity contribution in [3.8, 4) is 0 Å². The van der Waals surface area contributed by atoms with Crippen LogP contribution >= 0.6 is 0 Å². The SMILES string of the molecule is CNCC1CCCCCC1c1cnc2ccccc2c1. The summed E-state index contributed by atoms with van der Waals surface area (Å²) >= 11 is 0. The van der Waals surface area contributed by atoms with Crippen LogP contribution in [-0.2, 0) is 0 Å². The van der Waals surface area contributed by atoms with Gasteiger partial charge < -0.3 is 5.32 Å². The number of nitrogens with one attached hydrogen (secondary N) is 1. The van der Waals surface area contributed by atoms with Gasteiger partial charge in [0.05, 0.1) is 5.52 Å². The molecule has 0 bridgehead atoms. The third kappa shape index (κ3) is 2.85. The molecule has 1 N–H and O–H groups in total. The third-order valence-electron chi connectivity index (χ3n) is 4.67. The van der Waals surface area contributed by atoms with Gasteiger partial charge >= 0.3 is 0 Å². The number of rotatable bonds is 3. The number of hydrogen-bond acceptors (Lipinski definition) is 2. The zero-order valence-corrected chi connectivity index (χ0v) is 12.3. The van der Waals surface area contributed by atoms with E-state index in [2.05, 4.69) is 53.9 Å². The van der Waals surface area contributed by atoms with Crippen molar-refractivity contribution >= 4 is 10.9 Å². The van der Waals surface area contributed by atoms with Gasteiger partial charge in [0, 0.05) is 11.6 Å². The second kappa shape index (κ2) is 6.36. The summed E-state index contributed by atoms with van der Waals surface area (Å²) in [7, 11) is 2.07. The van der Waals surface area contributed by atoms with Crippen molar-refractivity contribution in [2.75, 3.05) is 13.6 Å². The first-order valence-electron chi connectivity index (χ1n) is 7.88. The molecule has 1 fully saturated rings. The lowest BCUT2D eigenvalue weighted by Gasteiger charge is -2.25. The van der Waals surface area contributed by atoms with E-state index in [-0.39, 0.29) is 0 Å². The van der Waals surface area contributed by atoms with Crippen molar-refractivity contribution in [2.24, 2.45) is 5.92 Å². The van der Waals surface area contributed by atoms with Gasteiger partial charge in [-0.3, -0.25) is 4.98 Å². The number of benzene rings is 1. The van der Waals surface area contributed by atoms with Crippen LogP contribution in [0.5, 0.6) is 0 Å². The Hall–Kier alpha value is -1.41. The zero-order chi connectivity index (χ0) is 13.8. The van der Waals surface area contributed by atoms with Crippen LogP contribution in [0.2, 0.25) is 0 Å². The van der Waals surface area contributed by atoms with Crippen LogP contribution in [0.25, 0.3) is 10.9 Å². The number of nitrogens with zero attached hydrogens (tertiary/aromatic N) is 1. The predicted octanol–water partition coefficient (Wildman–Crippen LogP) is 4.12. The molecule has 1 saturated carbocycles. The topological polar surface area (TPSA) is 24.9 Å². The summed E-state index contributed by atoms with van der Waals surface area (Å²) < 4.78 is 0. The summed E-state index contributed by atoms with van der Waals surface area (Å²) in [5.41, 5.74) is 2.54. The molecule has 1 aliphatic carbocycles. The molecule has 2 unspecified atom stereocenters. The van der Waals surface area contributed by atoms with Crippen LogP contribution in [0.15, 0.2) is 36.5 Å². The maximum atomic E-state index is 4.66. The highest BCUT2D eigenvalue weighted by Gasteiger charge is 2.24. The van der Waals surface area contributed by atoms with E-state index in [0.717, 1.165) is 18.0 Å². The fourth-order valence-corrected chi connectivity index (χ4v) is 3.62. The number of aromatic nitrogens is 1. The van der Waals surface area contributed by atoms with E-state index < -0.39 is 0 Å². The van der Waals surface area contributed by atoms with Crippen molar-refractivity contribution in [2.45, 2.75) is 38.0 Å². The van der Waals surface area contributed by atoms with Crippen molar-refractivity contribution in [1.29, 1.82) is 0 Å². The lowest BCUT2D eigenvalue weighted by molar-refractivity contribution is 0.386. The van der Waals surface area contributed by atoms with E-state index in [1.54, 1.807) is 0 Å². The molecule has 0 aliphatic heterocycles. The smallest absolute Gasteiger partial charge is 0.0702 e. The fourth-order valence-electron chi connectivity index (χ4n) is 3.62. The van der Waals surface area contributed by atoms with Crippen LogP contribution in [0.4, 0.5) is 0 Å². The molecular weight excluding hydrogens is 244 g/mol. The Morgan fingerprint density at radius 1 is 1.15 bits per heavy atom. The van der Waals surface area contributed by atoms with Crippen molar-refractivity contribution in [1.82, 2.24) is 10.3 Å². The first-order chi connectivity index (χ1) is 9.88. The molecular formula is C18H24N2. The number of fused-ring (bicyclic) bond motifs is 1. The number of pyridine rings is 1. The molecule has 2 atom stereocenters. The molecule has 0 spiro atoms. The normalized spacial score (nSPS) is 23.6. The van der Waals surface area contributed by atoms with E-state index in [0.29, 0.717) is 5.92 Å². The van der Waals surface area contributed by atoms with Gasteiger partial charge in [0.25, 0.3) is 0 Å². The van der Waals surface area contributed by atoms with Crippen molar-refractivity contribution in [3.05, 3.63) is 42.1 Å². The molecule has 2 heteroatoms. The Balaban J connectivity index is 1.93. The maximum absolute atomic E-state index is 4.66. The quantitative estimate of drug-likeness (QED) is 0.847. The van der Waals surface area contributed by atoms with E-state index >= 15 is 0 Å². The number of hydrogen-bond donors (Lipinski definition) is 1. The molecule has 0 amide bonds. The van der Waals surface area contributed by atoms with E-state index in [1.165, 1.54) is 43.1 Å². The van der Waals surface area contributed by atoms with Crippen LogP contribution < -0.4 is 5.32 Å². The van der Waals surface area contributed by atoms with Crippen molar-refractivity contribution in [3.63, 3.8) is 0 Å². The molecule has 1 aromatic carbocycles. The van der Waals surface area contributed by atoms with Gasteiger partial charge in [-0.1, -0.05) is 37.5 Å². The summed E-state index contributed by atoms with van der Waals surface area (Å²) in [5.74, 6) is 1.42. The minimum atomic E-state index is 0.669. The van der Waals surface area contributed by atoms with Crippen LogP contribution in [0, 0.1) is 5.92 Å². The summed E-state index contributed by atoms with van der Waals surface area (Å²) in [6, 6.07) is 10.8. The largest absolute Gasteiger partial charge is 0.319 e. The van der Waals surface area contributed by atoms with Gasteiger partial charge in [-0.2, -0.15) is 0 Å². The van der Waals surface area contributed by atoms with Gasteiger partial charge in [0.15, 0.2) is 0 Å². The lowest BCUT2D eigenvalue weighted by Crippen LogP contribution is -2.24. The third-order valence-corrected chi connectivity index (χ3v) is 4.67. The molecule has 20 heavy (non-hydrogen) atoms. The average Bonchev–Trinajstić information content (AvgIpc) is 2.73. The number of para-hydroxylation sites is 1. The Morgan fingerprint density at radius 2 is 2.00 bits per heavy atom. The summed E-state index contributed by atoms with van der Waals surface area (Å²) in [4.78, 5) is 4.66. The Morgan fingerprint density at radius 3 is 2.90 bits per heavy atom. The van der Waals surface area contributed by atoms with E-state index in [9.17, 15) is 0 Å². The highest BCUT2D eigenvalue weighted by atomic mass is 14.8. The highest BCUT2D eigenvalue weighted by molar-refractivity contribution is 5.78. The molecule has 106 valence electrons. The monoisotopic (exact) mass is 268 g/mol. The Labute approximate surface area is 121 Å². The zero-order valence-electron chi connectivity index (χ0n) is 12.3. The molecule has 0 saturated heterocycles. The molecule has 1 heterocycles.